The van der Waals surface area contributed by atoms with Crippen LogP contribution in [0.4, 0.5) is 4.39 Å². The molecule has 17 heavy (non-hydrogen) atoms. The zero-order chi connectivity index (χ0) is 13.0. The third-order valence-electron chi connectivity index (χ3n) is 2.04. The zero-order valence-electron chi connectivity index (χ0n) is 9.44. The van der Waals surface area contributed by atoms with Crippen molar-refractivity contribution in [2.24, 2.45) is 0 Å². The number of likely N-dealkylation sites (N-methyl/N-ethyl adjacent to an activating group) is 1. The molecule has 0 saturated heterocycles. The molecule has 0 bridgehead atoms. The van der Waals surface area contributed by atoms with E-state index in [-0.39, 0.29) is 18.3 Å². The van der Waals surface area contributed by atoms with Gasteiger partial charge in [0.2, 0.25) is 0 Å². The van der Waals surface area contributed by atoms with Crippen LogP contribution in [0.5, 0.6) is 5.75 Å². The Morgan fingerprint density at radius 1 is 1.41 bits per heavy atom. The van der Waals surface area contributed by atoms with Gasteiger partial charge in [-0.3, -0.25) is 4.79 Å². The number of hydrogen-bond donors (Lipinski definition) is 1. The zero-order valence-corrected chi connectivity index (χ0v) is 9.44. The van der Waals surface area contributed by atoms with Crippen LogP contribution in [0.15, 0.2) is 18.2 Å². The van der Waals surface area contributed by atoms with Crippen molar-refractivity contribution in [1.82, 2.24) is 4.90 Å². The number of halogens is 1. The first-order chi connectivity index (χ1) is 7.93. The average Bonchev–Trinajstić information content (AvgIpc) is 2.24. The maximum Gasteiger partial charge on any atom is 0.342 e. The molecule has 0 aliphatic rings. The van der Waals surface area contributed by atoms with E-state index in [1.165, 1.54) is 31.1 Å². The van der Waals surface area contributed by atoms with Crippen LogP contribution in [-0.2, 0) is 4.79 Å². The minimum absolute atomic E-state index is 0.160. The summed E-state index contributed by atoms with van der Waals surface area (Å²) in [5.41, 5.74) is -0.570. The number of aromatic carboxylic acids is 1. The minimum atomic E-state index is -1.43. The van der Waals surface area contributed by atoms with Gasteiger partial charge in [-0.15, -0.1) is 0 Å². The maximum atomic E-state index is 13.2. The van der Waals surface area contributed by atoms with Gasteiger partial charge < -0.3 is 14.7 Å². The van der Waals surface area contributed by atoms with Gasteiger partial charge in [-0.25, -0.2) is 9.18 Å². The molecule has 1 amide bonds. The van der Waals surface area contributed by atoms with E-state index in [0.29, 0.717) is 0 Å². The Balaban J connectivity index is 2.88. The summed E-state index contributed by atoms with van der Waals surface area (Å²) in [5, 5.41) is 8.81. The highest BCUT2D eigenvalue weighted by Crippen LogP contribution is 2.21. The number of carbonyl (C=O) groups excluding carboxylic acids is 1. The summed E-state index contributed by atoms with van der Waals surface area (Å²) in [6.07, 6.45) is 0. The van der Waals surface area contributed by atoms with Crippen molar-refractivity contribution >= 4 is 11.9 Å². The van der Waals surface area contributed by atoms with Crippen molar-refractivity contribution in [2.75, 3.05) is 20.7 Å². The molecule has 0 fully saturated rings. The van der Waals surface area contributed by atoms with Gasteiger partial charge >= 0.3 is 5.97 Å². The van der Waals surface area contributed by atoms with Crippen LogP contribution in [0, 0.1) is 5.82 Å². The summed E-state index contributed by atoms with van der Waals surface area (Å²) in [6.45, 7) is -0.337. The quantitative estimate of drug-likeness (QED) is 0.853. The molecule has 0 spiro atoms. The number of nitrogens with zero attached hydrogens (tertiary/aromatic N) is 1. The van der Waals surface area contributed by atoms with Gasteiger partial charge in [0.25, 0.3) is 5.91 Å². The van der Waals surface area contributed by atoms with E-state index >= 15 is 0 Å². The van der Waals surface area contributed by atoms with Gasteiger partial charge in [0.1, 0.15) is 17.1 Å². The Morgan fingerprint density at radius 2 is 2.06 bits per heavy atom. The van der Waals surface area contributed by atoms with Gasteiger partial charge in [-0.05, 0) is 12.1 Å². The Hall–Kier alpha value is -2.11. The number of carbonyl (C=O) groups is 2. The summed E-state index contributed by atoms with van der Waals surface area (Å²) in [7, 11) is 3.07. The Bertz CT molecular complexity index is 445. The topological polar surface area (TPSA) is 66.8 Å². The van der Waals surface area contributed by atoms with E-state index in [1.54, 1.807) is 0 Å². The van der Waals surface area contributed by atoms with Crippen LogP contribution in [0.3, 0.4) is 0 Å². The molecule has 0 aromatic heterocycles. The van der Waals surface area contributed by atoms with Gasteiger partial charge in [0.05, 0.1) is 0 Å². The summed E-state index contributed by atoms with van der Waals surface area (Å²) < 4.78 is 18.2. The molecule has 0 unspecified atom stereocenters. The first kappa shape index (κ1) is 13.0. The molecule has 0 heterocycles. The number of benzene rings is 1. The second-order valence-electron chi connectivity index (χ2n) is 3.49. The van der Waals surface area contributed by atoms with Crippen molar-refractivity contribution < 1.29 is 23.8 Å². The van der Waals surface area contributed by atoms with Crippen molar-refractivity contribution in [1.29, 1.82) is 0 Å². The lowest BCUT2D eigenvalue weighted by molar-refractivity contribution is -0.130. The predicted molar refractivity (Wildman–Crippen MR) is 57.5 cm³/mol. The van der Waals surface area contributed by atoms with Gasteiger partial charge in [-0.1, -0.05) is 6.07 Å². The highest BCUT2D eigenvalue weighted by molar-refractivity contribution is 5.91. The van der Waals surface area contributed by atoms with Crippen molar-refractivity contribution in [3.63, 3.8) is 0 Å². The van der Waals surface area contributed by atoms with Gasteiger partial charge in [0, 0.05) is 14.1 Å². The SMILES string of the molecule is CN(C)C(=O)COc1cccc(F)c1C(=O)O. The molecule has 6 heteroatoms. The average molecular weight is 241 g/mol. The predicted octanol–water partition coefficient (Wildman–Crippen LogP) is 0.991. The van der Waals surface area contributed by atoms with Gasteiger partial charge in [0.15, 0.2) is 6.61 Å². The lowest BCUT2D eigenvalue weighted by Gasteiger charge is -2.12. The lowest BCUT2D eigenvalue weighted by atomic mass is 10.2. The lowest BCUT2D eigenvalue weighted by Crippen LogP contribution is -2.27. The second kappa shape index (κ2) is 5.29. The molecular formula is C11H12FNO4. The van der Waals surface area contributed by atoms with Crippen molar-refractivity contribution in [3.05, 3.63) is 29.6 Å². The Kier molecular flexibility index (Phi) is 4.03. The van der Waals surface area contributed by atoms with Crippen LogP contribution in [0.2, 0.25) is 0 Å². The number of ether oxygens (including phenoxy) is 1. The molecule has 1 N–H and O–H groups in total. The number of amides is 1. The Morgan fingerprint density at radius 3 is 2.59 bits per heavy atom. The number of carboxylic acid groups (broad SMARTS) is 1. The number of carboxylic acids is 1. The van der Waals surface area contributed by atoms with E-state index in [1.807, 2.05) is 0 Å². The van der Waals surface area contributed by atoms with E-state index in [4.69, 9.17) is 9.84 Å². The summed E-state index contributed by atoms with van der Waals surface area (Å²) in [5.74, 6) is -2.83. The smallest absolute Gasteiger partial charge is 0.342 e. The van der Waals surface area contributed by atoms with Crippen molar-refractivity contribution in [3.8, 4) is 5.75 Å². The van der Waals surface area contributed by atoms with Crippen LogP contribution in [0.1, 0.15) is 10.4 Å². The fourth-order valence-electron chi connectivity index (χ4n) is 1.10. The highest BCUT2D eigenvalue weighted by atomic mass is 19.1. The molecule has 1 rings (SSSR count). The highest BCUT2D eigenvalue weighted by Gasteiger charge is 2.17. The summed E-state index contributed by atoms with van der Waals surface area (Å²) >= 11 is 0. The fraction of sp³-hybridized carbons (Fsp3) is 0.273. The first-order valence-corrected chi connectivity index (χ1v) is 4.78. The second-order valence-corrected chi connectivity index (χ2v) is 3.49. The minimum Gasteiger partial charge on any atom is -0.483 e. The van der Waals surface area contributed by atoms with E-state index < -0.39 is 17.3 Å². The number of rotatable bonds is 4. The third-order valence-corrected chi connectivity index (χ3v) is 2.04. The molecule has 0 aliphatic carbocycles. The third kappa shape index (κ3) is 3.17. The molecule has 92 valence electrons. The fourth-order valence-corrected chi connectivity index (χ4v) is 1.10. The summed E-state index contributed by atoms with van der Waals surface area (Å²) in [4.78, 5) is 23.3. The molecule has 0 atom stereocenters. The molecule has 1 aromatic rings. The molecular weight excluding hydrogens is 229 g/mol. The maximum absolute atomic E-state index is 13.2. The van der Waals surface area contributed by atoms with Crippen LogP contribution in [0.25, 0.3) is 0 Å². The normalized spacial score (nSPS) is 9.82. The number of hydrogen-bond acceptors (Lipinski definition) is 3. The Labute approximate surface area is 97.4 Å². The largest absolute Gasteiger partial charge is 0.483 e. The van der Waals surface area contributed by atoms with Crippen LogP contribution < -0.4 is 4.74 Å². The molecule has 0 aliphatic heterocycles. The molecule has 0 radical (unpaired) electrons. The van der Waals surface area contributed by atoms with Crippen molar-refractivity contribution in [2.45, 2.75) is 0 Å². The first-order valence-electron chi connectivity index (χ1n) is 4.78. The molecule has 5 nitrogen and oxygen atoms in total. The van der Waals surface area contributed by atoms with Crippen LogP contribution >= 0.6 is 0 Å². The van der Waals surface area contributed by atoms with E-state index in [0.717, 1.165) is 6.07 Å². The monoisotopic (exact) mass is 241 g/mol. The summed E-state index contributed by atoms with van der Waals surface area (Å²) in [6, 6.07) is 3.64. The van der Waals surface area contributed by atoms with Crippen LogP contribution in [-0.4, -0.2) is 42.6 Å². The van der Waals surface area contributed by atoms with E-state index in [2.05, 4.69) is 0 Å². The van der Waals surface area contributed by atoms with Gasteiger partial charge in [-0.2, -0.15) is 0 Å². The standard InChI is InChI=1S/C11H12FNO4/c1-13(2)9(14)6-17-8-5-3-4-7(12)10(8)11(15)16/h3-5H,6H2,1-2H3,(H,15,16). The van der Waals surface area contributed by atoms with E-state index in [9.17, 15) is 14.0 Å². The molecule has 0 saturated carbocycles. The molecule has 1 aromatic carbocycles.